The number of nitrogens with zero attached hydrogens (tertiary/aromatic N) is 3. The van der Waals surface area contributed by atoms with Crippen LogP contribution in [0.4, 0.5) is 5.69 Å². The van der Waals surface area contributed by atoms with Gasteiger partial charge < -0.3 is 14.9 Å². The Morgan fingerprint density at radius 2 is 2.15 bits per heavy atom. The minimum atomic E-state index is -0.555. The number of ether oxygens (including phenoxy) is 1. The number of hydrogen-bond donors (Lipinski definition) is 3. The zero-order valence-electron chi connectivity index (χ0n) is 18.7. The van der Waals surface area contributed by atoms with Crippen molar-refractivity contribution in [2.24, 2.45) is 11.0 Å². The largest absolute Gasteiger partial charge is 0.492 e. The molecule has 2 aromatic rings. The number of hydrogen-bond acceptors (Lipinski definition) is 7. The molecule has 2 aromatic carbocycles. The maximum atomic E-state index is 12.4. The quantitative estimate of drug-likeness (QED) is 0.461. The molecule has 0 aromatic heterocycles. The summed E-state index contributed by atoms with van der Waals surface area (Å²) in [4.78, 5) is 12.4. The second-order valence-corrected chi connectivity index (χ2v) is 8.56. The Labute approximate surface area is 198 Å². The van der Waals surface area contributed by atoms with Crippen molar-refractivity contribution in [2.75, 3.05) is 24.7 Å². The second kappa shape index (κ2) is 11.7. The van der Waals surface area contributed by atoms with E-state index in [-0.39, 0.29) is 17.7 Å². The van der Waals surface area contributed by atoms with Crippen molar-refractivity contribution < 1.29 is 14.6 Å². The van der Waals surface area contributed by atoms with Crippen LogP contribution in [-0.4, -0.2) is 43.0 Å². The van der Waals surface area contributed by atoms with Crippen LogP contribution in [-0.2, 0) is 4.79 Å². The van der Waals surface area contributed by atoms with Crippen molar-refractivity contribution >= 4 is 29.4 Å². The minimum Gasteiger partial charge on any atom is -0.492 e. The van der Waals surface area contributed by atoms with E-state index in [1.807, 2.05) is 36.2 Å². The predicted molar refractivity (Wildman–Crippen MR) is 128 cm³/mol. The number of nitriles is 1. The van der Waals surface area contributed by atoms with E-state index >= 15 is 0 Å². The van der Waals surface area contributed by atoms with Crippen LogP contribution < -0.4 is 20.6 Å². The monoisotopic (exact) mass is 469 g/mol. The Morgan fingerprint density at radius 1 is 1.36 bits per heavy atom. The Bertz CT molecular complexity index is 1040. The number of rotatable bonds is 10. The third-order valence-electron chi connectivity index (χ3n) is 5.19. The van der Waals surface area contributed by atoms with Crippen molar-refractivity contribution in [3.63, 3.8) is 0 Å². The molecule has 3 rings (SSSR count). The number of carbonyl (C=O) groups excluding carboxylic acids is 1. The average Bonchev–Trinajstić information content (AvgIpc) is 2.81. The van der Waals surface area contributed by atoms with Gasteiger partial charge in [-0.25, -0.2) is 10.9 Å². The second-order valence-electron chi connectivity index (χ2n) is 8.13. The zero-order chi connectivity index (χ0) is 23.8. The molecule has 3 N–H and O–H groups in total. The van der Waals surface area contributed by atoms with Gasteiger partial charge in [-0.15, -0.1) is 0 Å². The lowest BCUT2D eigenvalue weighted by molar-refractivity contribution is -0.122. The van der Waals surface area contributed by atoms with Gasteiger partial charge in [0, 0.05) is 42.7 Å². The number of aliphatic hydroxyl groups excluding tert-OH is 1. The van der Waals surface area contributed by atoms with Crippen molar-refractivity contribution in [3.05, 3.63) is 58.6 Å². The fourth-order valence-corrected chi connectivity index (χ4v) is 3.71. The highest BCUT2D eigenvalue weighted by Crippen LogP contribution is 2.31. The number of amides is 1. The molecule has 0 aliphatic carbocycles. The molecule has 1 amide bonds. The van der Waals surface area contributed by atoms with Crippen molar-refractivity contribution in [2.45, 2.75) is 32.3 Å². The van der Waals surface area contributed by atoms with E-state index in [1.54, 1.807) is 31.3 Å². The van der Waals surface area contributed by atoms with Gasteiger partial charge in [0.2, 0.25) is 5.91 Å². The van der Waals surface area contributed by atoms with Gasteiger partial charge in [-0.3, -0.25) is 4.79 Å². The molecule has 9 heteroatoms. The van der Waals surface area contributed by atoms with Crippen LogP contribution in [0.25, 0.3) is 0 Å². The van der Waals surface area contributed by atoms with Crippen LogP contribution in [0, 0.1) is 17.2 Å². The van der Waals surface area contributed by atoms with Crippen LogP contribution in [0.15, 0.2) is 47.6 Å². The number of halogens is 1. The van der Waals surface area contributed by atoms with Crippen molar-refractivity contribution in [1.29, 1.82) is 5.26 Å². The van der Waals surface area contributed by atoms with E-state index < -0.39 is 6.10 Å². The number of aliphatic hydroxyl groups is 1. The lowest BCUT2D eigenvalue weighted by Gasteiger charge is -2.32. The molecule has 33 heavy (non-hydrogen) atoms. The third-order valence-corrected chi connectivity index (χ3v) is 5.42. The van der Waals surface area contributed by atoms with Crippen molar-refractivity contribution in [3.8, 4) is 11.8 Å². The standard InChI is InChI=1S/C24H28ClN5O3/c1-16(15-33-23-11-19(25)8-7-18(23)12-26)14-30(28-13-17(2)31)22-6-4-3-5-20(22)21-9-10-27-29-24(21)32/h3-8,10-11,16-17,21,28,31H,9,13-15H2,1-2H3,(H,29,32). The molecule has 0 fully saturated rings. The van der Waals surface area contributed by atoms with E-state index in [0.29, 0.717) is 42.5 Å². The van der Waals surface area contributed by atoms with Gasteiger partial charge in [0.25, 0.3) is 0 Å². The van der Waals surface area contributed by atoms with Crippen LogP contribution in [0.2, 0.25) is 5.02 Å². The smallest absolute Gasteiger partial charge is 0.248 e. The molecule has 1 heterocycles. The average molecular weight is 470 g/mol. The minimum absolute atomic E-state index is 0.0341. The molecule has 0 bridgehead atoms. The van der Waals surface area contributed by atoms with E-state index in [9.17, 15) is 15.2 Å². The third kappa shape index (κ3) is 6.68. The first kappa shape index (κ1) is 24.5. The molecular weight excluding hydrogens is 442 g/mol. The summed E-state index contributed by atoms with van der Waals surface area (Å²) < 4.78 is 5.90. The Morgan fingerprint density at radius 3 is 2.88 bits per heavy atom. The van der Waals surface area contributed by atoms with Gasteiger partial charge in [-0.2, -0.15) is 10.4 Å². The highest BCUT2D eigenvalue weighted by Gasteiger charge is 2.27. The Kier molecular flexibility index (Phi) is 8.66. The normalized spacial score (nSPS) is 17.1. The van der Waals surface area contributed by atoms with Crippen molar-refractivity contribution in [1.82, 2.24) is 10.9 Å². The summed E-state index contributed by atoms with van der Waals surface area (Å²) in [6.45, 7) is 4.95. The topological polar surface area (TPSA) is 110 Å². The van der Waals surface area contributed by atoms with Gasteiger partial charge in [-0.1, -0.05) is 36.7 Å². The molecular formula is C24H28ClN5O3. The molecule has 174 valence electrons. The molecule has 0 radical (unpaired) electrons. The Hall–Kier alpha value is -3.12. The van der Waals surface area contributed by atoms with Gasteiger partial charge in [-0.05, 0) is 30.7 Å². The molecule has 0 saturated carbocycles. The van der Waals surface area contributed by atoms with Crippen LogP contribution >= 0.6 is 11.6 Å². The molecule has 3 atom stereocenters. The van der Waals surface area contributed by atoms with E-state index in [1.165, 1.54) is 0 Å². The maximum Gasteiger partial charge on any atom is 0.248 e. The van der Waals surface area contributed by atoms with Crippen LogP contribution in [0.5, 0.6) is 5.75 Å². The maximum absolute atomic E-state index is 12.4. The van der Waals surface area contributed by atoms with Gasteiger partial charge >= 0.3 is 0 Å². The van der Waals surface area contributed by atoms with Crippen LogP contribution in [0.1, 0.15) is 37.3 Å². The highest BCUT2D eigenvalue weighted by atomic mass is 35.5. The summed E-state index contributed by atoms with van der Waals surface area (Å²) >= 11 is 6.05. The number of anilines is 1. The SMILES string of the molecule is CC(O)CNN(CC(C)COc1cc(Cl)ccc1C#N)c1ccccc1C1CC=NNC1=O. The van der Waals surface area contributed by atoms with Gasteiger partial charge in [0.15, 0.2) is 0 Å². The number of benzene rings is 2. The number of para-hydroxylation sites is 1. The first-order valence-electron chi connectivity index (χ1n) is 10.8. The fourth-order valence-electron chi connectivity index (χ4n) is 3.54. The number of hydrazone groups is 1. The van der Waals surface area contributed by atoms with Gasteiger partial charge in [0.05, 0.1) is 29.9 Å². The van der Waals surface area contributed by atoms with Crippen LogP contribution in [0.3, 0.4) is 0 Å². The summed E-state index contributed by atoms with van der Waals surface area (Å²) in [5.74, 6) is -0.0294. The molecule has 1 aliphatic rings. The summed E-state index contributed by atoms with van der Waals surface area (Å²) in [6, 6.07) is 14.7. The molecule has 3 unspecified atom stereocenters. The molecule has 0 spiro atoms. The van der Waals surface area contributed by atoms with E-state index in [2.05, 4.69) is 22.0 Å². The Balaban J connectivity index is 1.78. The number of carbonyl (C=O) groups is 1. The number of nitrogens with one attached hydrogen (secondary N) is 2. The lowest BCUT2D eigenvalue weighted by atomic mass is 9.93. The highest BCUT2D eigenvalue weighted by molar-refractivity contribution is 6.30. The summed E-state index contributed by atoms with van der Waals surface area (Å²) in [5.41, 5.74) is 7.96. The molecule has 0 saturated heterocycles. The van der Waals surface area contributed by atoms with E-state index in [0.717, 1.165) is 11.3 Å². The molecule has 1 aliphatic heterocycles. The van der Waals surface area contributed by atoms with Gasteiger partial charge in [0.1, 0.15) is 11.8 Å². The first-order valence-corrected chi connectivity index (χ1v) is 11.2. The fraction of sp³-hybridized carbons (Fsp3) is 0.375. The lowest BCUT2D eigenvalue weighted by Crippen LogP contribution is -2.46. The zero-order valence-corrected chi connectivity index (χ0v) is 19.4. The first-order chi connectivity index (χ1) is 15.9. The summed E-state index contributed by atoms with van der Waals surface area (Å²) in [7, 11) is 0. The number of hydrazine groups is 1. The molecule has 8 nitrogen and oxygen atoms in total. The van der Waals surface area contributed by atoms with E-state index in [4.69, 9.17) is 16.3 Å². The predicted octanol–water partition coefficient (Wildman–Crippen LogP) is 3.21. The summed E-state index contributed by atoms with van der Waals surface area (Å²) in [5, 5.41) is 25.4. The summed E-state index contributed by atoms with van der Waals surface area (Å²) in [6.07, 6.45) is 1.66.